The van der Waals surface area contributed by atoms with E-state index >= 15 is 0 Å². The van der Waals surface area contributed by atoms with Crippen LogP contribution < -0.4 is 4.80 Å². The number of hydrogen-bond donors (Lipinski definition) is 0. The fourth-order valence-electron chi connectivity index (χ4n) is 2.92. The van der Waals surface area contributed by atoms with Gasteiger partial charge in [-0.1, -0.05) is 34.5 Å². The lowest BCUT2D eigenvalue weighted by molar-refractivity contribution is -0.118. The van der Waals surface area contributed by atoms with Crippen LogP contribution >= 0.6 is 34.5 Å². The number of nitrogens with zero attached hydrogens (tertiary/aromatic N) is 2. The molecule has 0 saturated carbocycles. The number of ether oxygens (including phenoxy) is 1. The molecule has 0 fully saturated rings. The van der Waals surface area contributed by atoms with Crippen LogP contribution in [0.3, 0.4) is 0 Å². The number of aromatic nitrogens is 1. The van der Waals surface area contributed by atoms with Crippen LogP contribution in [-0.2, 0) is 25.9 Å². The van der Waals surface area contributed by atoms with Crippen molar-refractivity contribution in [3.8, 4) is 0 Å². The summed E-state index contributed by atoms with van der Waals surface area (Å²) in [5.41, 5.74) is 0.668. The molecule has 166 valence electrons. The van der Waals surface area contributed by atoms with Gasteiger partial charge in [-0.15, -0.1) is 0 Å². The van der Waals surface area contributed by atoms with Crippen molar-refractivity contribution in [1.29, 1.82) is 0 Å². The van der Waals surface area contributed by atoms with Crippen LogP contribution in [-0.4, -0.2) is 38.4 Å². The van der Waals surface area contributed by atoms with Gasteiger partial charge in [0, 0.05) is 20.1 Å². The van der Waals surface area contributed by atoms with Crippen molar-refractivity contribution in [3.05, 3.63) is 57.1 Å². The first kappa shape index (κ1) is 23.9. The molecular weight excluding hydrogens is 486 g/mol. The molecule has 1 heterocycles. The maximum Gasteiger partial charge on any atom is 0.248 e. The van der Waals surface area contributed by atoms with Crippen LogP contribution in [0.2, 0.25) is 10.0 Å². The lowest BCUT2D eigenvalue weighted by Crippen LogP contribution is -2.19. The maximum atomic E-state index is 13.0. The third-order valence-corrected chi connectivity index (χ3v) is 8.10. The van der Waals surface area contributed by atoms with Gasteiger partial charge in [-0.25, -0.2) is 12.8 Å². The molecule has 6 nitrogen and oxygen atoms in total. The Morgan fingerprint density at radius 2 is 1.84 bits per heavy atom. The van der Waals surface area contributed by atoms with Crippen LogP contribution in [0.5, 0.6) is 0 Å². The Kier molecular flexibility index (Phi) is 7.87. The molecule has 11 heteroatoms. The van der Waals surface area contributed by atoms with Crippen LogP contribution in [0.25, 0.3) is 10.2 Å². The number of fused-ring (bicyclic) bond motifs is 1. The summed E-state index contributed by atoms with van der Waals surface area (Å²) in [4.78, 5) is 17.0. The highest BCUT2D eigenvalue weighted by Gasteiger charge is 2.16. The number of thiazole rings is 1. The van der Waals surface area contributed by atoms with Crippen molar-refractivity contribution in [2.75, 3.05) is 19.5 Å². The van der Waals surface area contributed by atoms with Gasteiger partial charge in [0.1, 0.15) is 5.82 Å². The zero-order valence-electron chi connectivity index (χ0n) is 16.5. The first-order chi connectivity index (χ1) is 14.7. The summed E-state index contributed by atoms with van der Waals surface area (Å²) in [6.07, 6.45) is 0.0347. The predicted octanol–water partition coefficient (Wildman–Crippen LogP) is 4.48. The van der Waals surface area contributed by atoms with E-state index in [4.69, 9.17) is 27.9 Å². The highest BCUT2D eigenvalue weighted by molar-refractivity contribution is 7.91. The average molecular weight is 505 g/mol. The molecule has 0 aliphatic rings. The van der Waals surface area contributed by atoms with Gasteiger partial charge in [-0.3, -0.25) is 4.79 Å². The highest BCUT2D eigenvalue weighted by atomic mass is 35.5. The number of hydrogen-bond acceptors (Lipinski definition) is 5. The number of methoxy groups -OCH3 is 1. The van der Waals surface area contributed by atoms with E-state index in [1.165, 1.54) is 23.5 Å². The molecule has 0 aliphatic heterocycles. The molecule has 1 amide bonds. The monoisotopic (exact) mass is 504 g/mol. The van der Waals surface area contributed by atoms with E-state index in [1.807, 2.05) is 0 Å². The van der Waals surface area contributed by atoms with Gasteiger partial charge in [0.2, 0.25) is 5.91 Å². The normalized spacial score (nSPS) is 12.6. The van der Waals surface area contributed by atoms with Gasteiger partial charge in [0.25, 0.3) is 0 Å². The summed E-state index contributed by atoms with van der Waals surface area (Å²) in [6.45, 7) is 0.799. The largest absolute Gasteiger partial charge is 0.383 e. The second-order valence-corrected chi connectivity index (χ2v) is 10.5. The van der Waals surface area contributed by atoms with Crippen molar-refractivity contribution in [3.63, 3.8) is 0 Å². The smallest absolute Gasteiger partial charge is 0.248 e. The second-order valence-electron chi connectivity index (χ2n) is 6.62. The molecule has 31 heavy (non-hydrogen) atoms. The molecular formula is C20H19Cl2FN2O4S2. The average Bonchev–Trinajstić information content (AvgIpc) is 3.08. The number of sulfone groups is 1. The molecule has 3 aromatic rings. The SMILES string of the molecule is COCCn1c(=NC(=O)CCCS(=O)(=O)c2ccc(F)cc2)sc2c(Cl)ccc(Cl)c21. The minimum absolute atomic E-state index is 0.0180. The van der Waals surface area contributed by atoms with E-state index in [9.17, 15) is 17.6 Å². The van der Waals surface area contributed by atoms with E-state index in [-0.39, 0.29) is 23.5 Å². The molecule has 0 aliphatic carbocycles. The molecule has 3 rings (SSSR count). The van der Waals surface area contributed by atoms with Gasteiger partial charge < -0.3 is 9.30 Å². The lowest BCUT2D eigenvalue weighted by atomic mass is 10.3. The molecule has 2 aromatic carbocycles. The molecule has 0 atom stereocenters. The summed E-state index contributed by atoms with van der Waals surface area (Å²) in [6, 6.07) is 7.94. The third-order valence-electron chi connectivity index (χ3n) is 4.44. The van der Waals surface area contributed by atoms with E-state index in [0.29, 0.717) is 38.2 Å². The van der Waals surface area contributed by atoms with Crippen LogP contribution in [0.4, 0.5) is 4.39 Å². The van der Waals surface area contributed by atoms with Crippen molar-refractivity contribution < 1.29 is 22.3 Å². The zero-order valence-corrected chi connectivity index (χ0v) is 19.6. The standard InChI is InChI=1S/C20H19Cl2FN2O4S2/c1-29-11-10-25-18-15(21)8-9-16(22)19(18)30-20(25)24-17(26)3-2-12-31(27,28)14-6-4-13(23)5-7-14/h4-9H,2-3,10-12H2,1H3. The zero-order chi connectivity index (χ0) is 22.6. The fourth-order valence-corrected chi connectivity index (χ4v) is 5.92. The summed E-state index contributed by atoms with van der Waals surface area (Å²) in [5, 5.41) is 0.973. The van der Waals surface area contributed by atoms with Gasteiger partial charge in [-0.2, -0.15) is 4.99 Å². The van der Waals surface area contributed by atoms with E-state index in [1.54, 1.807) is 23.8 Å². The fraction of sp³-hybridized carbons (Fsp3) is 0.300. The van der Waals surface area contributed by atoms with Gasteiger partial charge in [0.15, 0.2) is 14.6 Å². The number of carbonyl (C=O) groups is 1. The Bertz CT molecular complexity index is 1270. The van der Waals surface area contributed by atoms with Crippen molar-refractivity contribution in [1.82, 2.24) is 4.57 Å². The number of rotatable bonds is 8. The molecule has 0 bridgehead atoms. The van der Waals surface area contributed by atoms with Crippen LogP contribution in [0, 0.1) is 5.82 Å². The van der Waals surface area contributed by atoms with E-state index in [0.717, 1.165) is 12.1 Å². The van der Waals surface area contributed by atoms with Crippen molar-refractivity contribution >= 4 is 60.5 Å². The number of amides is 1. The van der Waals surface area contributed by atoms with E-state index in [2.05, 4.69) is 4.99 Å². The molecule has 0 saturated heterocycles. The van der Waals surface area contributed by atoms with Crippen molar-refractivity contribution in [2.24, 2.45) is 4.99 Å². The Morgan fingerprint density at radius 3 is 2.52 bits per heavy atom. The van der Waals surface area contributed by atoms with E-state index < -0.39 is 21.6 Å². The maximum absolute atomic E-state index is 13.0. The molecule has 0 radical (unpaired) electrons. The van der Waals surface area contributed by atoms with Crippen LogP contribution in [0.15, 0.2) is 46.3 Å². The third kappa shape index (κ3) is 5.72. The number of carbonyl (C=O) groups excluding carboxylic acids is 1. The Hall–Kier alpha value is -1.78. The number of halogens is 3. The Morgan fingerprint density at radius 1 is 1.16 bits per heavy atom. The minimum atomic E-state index is -3.61. The lowest BCUT2D eigenvalue weighted by Gasteiger charge is -2.06. The summed E-state index contributed by atoms with van der Waals surface area (Å²) in [5.74, 6) is -1.22. The summed E-state index contributed by atoms with van der Waals surface area (Å²) >= 11 is 13.8. The first-order valence-electron chi connectivity index (χ1n) is 9.25. The molecule has 1 aromatic heterocycles. The molecule has 0 unspecified atom stereocenters. The topological polar surface area (TPSA) is 77.7 Å². The Labute approximate surface area is 192 Å². The van der Waals surface area contributed by atoms with Crippen LogP contribution in [0.1, 0.15) is 12.8 Å². The highest BCUT2D eigenvalue weighted by Crippen LogP contribution is 2.31. The molecule has 0 spiro atoms. The summed E-state index contributed by atoms with van der Waals surface area (Å²) < 4.78 is 45.3. The number of benzene rings is 2. The predicted molar refractivity (Wildman–Crippen MR) is 120 cm³/mol. The van der Waals surface area contributed by atoms with Crippen molar-refractivity contribution in [2.45, 2.75) is 24.3 Å². The minimum Gasteiger partial charge on any atom is -0.383 e. The second kappa shape index (κ2) is 10.2. The van der Waals surface area contributed by atoms with Gasteiger partial charge in [0.05, 0.1) is 37.5 Å². The molecule has 0 N–H and O–H groups in total. The quantitative estimate of drug-likeness (QED) is 0.423. The van der Waals surface area contributed by atoms with Gasteiger partial charge >= 0.3 is 0 Å². The Balaban J connectivity index is 1.80. The van der Waals surface area contributed by atoms with Gasteiger partial charge in [-0.05, 0) is 42.8 Å². The summed E-state index contributed by atoms with van der Waals surface area (Å²) in [7, 11) is -2.05. The first-order valence-corrected chi connectivity index (χ1v) is 12.5.